The Hall–Kier alpha value is -0.923. The largest absolute Gasteiger partial charge is 0.536 e. The van der Waals surface area contributed by atoms with E-state index in [4.69, 9.17) is 22.8 Å². The van der Waals surface area contributed by atoms with Crippen molar-refractivity contribution in [2.75, 3.05) is 21.3 Å². The van der Waals surface area contributed by atoms with Crippen molar-refractivity contribution in [2.45, 2.75) is 45.5 Å². The fourth-order valence-electron chi connectivity index (χ4n) is 2.70. The topological polar surface area (TPSA) is 46.2 Å². The van der Waals surface area contributed by atoms with E-state index in [2.05, 4.69) is 6.92 Å². The lowest BCUT2D eigenvalue weighted by atomic mass is 10.1. The number of rotatable bonds is 7. The lowest BCUT2D eigenvalue weighted by Gasteiger charge is -2.36. The fraction of sp³-hybridized carbons (Fsp3) is 0.625. The van der Waals surface area contributed by atoms with Crippen LogP contribution in [0.5, 0.6) is 5.75 Å². The molecule has 1 aromatic carbocycles. The molecule has 0 saturated carbocycles. The highest BCUT2D eigenvalue weighted by Gasteiger charge is 2.42. The highest BCUT2D eigenvalue weighted by Crippen LogP contribution is 2.33. The van der Waals surface area contributed by atoms with Crippen molar-refractivity contribution in [2.24, 2.45) is 0 Å². The van der Waals surface area contributed by atoms with Gasteiger partial charge in [-0.15, -0.1) is 0 Å². The van der Waals surface area contributed by atoms with Crippen LogP contribution in [0.2, 0.25) is 0 Å². The molecule has 1 aliphatic heterocycles. The van der Waals surface area contributed by atoms with E-state index in [1.165, 1.54) is 0 Å². The summed E-state index contributed by atoms with van der Waals surface area (Å²) in [6.45, 7) is 4.68. The summed E-state index contributed by atoms with van der Waals surface area (Å²) in [4.78, 5) is 0. The van der Waals surface area contributed by atoms with Crippen molar-refractivity contribution in [1.82, 2.24) is 0 Å². The van der Waals surface area contributed by atoms with Crippen LogP contribution in [0.15, 0.2) is 18.2 Å². The smallest absolute Gasteiger partial charge is 0.462 e. The molecule has 1 aromatic rings. The quantitative estimate of drug-likeness (QED) is 0.721. The zero-order valence-corrected chi connectivity index (χ0v) is 15.1. The minimum Gasteiger partial charge on any atom is -0.462 e. The third-order valence-corrected chi connectivity index (χ3v) is 6.69. The van der Waals surface area contributed by atoms with Crippen molar-refractivity contribution < 1.29 is 22.8 Å². The lowest BCUT2D eigenvalue weighted by Crippen LogP contribution is -2.55. The van der Waals surface area contributed by atoms with Gasteiger partial charge in [-0.2, -0.15) is 0 Å². The highest BCUT2D eigenvalue weighted by atomic mass is 28.4. The normalized spacial score (nSPS) is 21.3. The van der Waals surface area contributed by atoms with Gasteiger partial charge in [0.1, 0.15) is 5.75 Å². The number of fused-ring (bicyclic) bond motifs is 1. The monoisotopic (exact) mass is 326 g/mol. The molecule has 0 aromatic heterocycles. The summed E-state index contributed by atoms with van der Waals surface area (Å²) in [5.74, 6) is 0.322. The molecule has 0 saturated heterocycles. The maximum atomic E-state index is 6.06. The standard InChI is InChI=1S/C16H26O5Si/c1-6-7-10-16(2)20-12-13-11-14(8-9-15(13)21-16)22(17-3,18-4)19-5/h8-9,11H,6-7,10,12H2,1-5H3. The Bertz CT molecular complexity index is 495. The van der Waals surface area contributed by atoms with E-state index in [0.717, 1.165) is 35.8 Å². The average Bonchev–Trinajstić information content (AvgIpc) is 2.55. The molecule has 1 aliphatic rings. The van der Waals surface area contributed by atoms with Crippen LogP contribution in [-0.2, 0) is 24.6 Å². The van der Waals surface area contributed by atoms with Crippen molar-refractivity contribution in [3.05, 3.63) is 23.8 Å². The molecule has 22 heavy (non-hydrogen) atoms. The van der Waals surface area contributed by atoms with Crippen molar-refractivity contribution in [1.29, 1.82) is 0 Å². The first-order valence-corrected chi connectivity index (χ1v) is 9.37. The first kappa shape index (κ1) is 17.4. The molecule has 1 unspecified atom stereocenters. The van der Waals surface area contributed by atoms with Crippen LogP contribution in [0.4, 0.5) is 0 Å². The van der Waals surface area contributed by atoms with E-state index < -0.39 is 14.6 Å². The van der Waals surface area contributed by atoms with E-state index in [1.54, 1.807) is 21.3 Å². The third-order valence-electron chi connectivity index (χ3n) is 4.06. The predicted molar refractivity (Wildman–Crippen MR) is 86.2 cm³/mol. The number of hydrogen-bond acceptors (Lipinski definition) is 5. The van der Waals surface area contributed by atoms with E-state index in [-0.39, 0.29) is 0 Å². The maximum Gasteiger partial charge on any atom is 0.536 e. The Balaban J connectivity index is 2.24. The summed E-state index contributed by atoms with van der Waals surface area (Å²) in [5, 5.41) is 0.906. The molecule has 124 valence electrons. The summed E-state index contributed by atoms with van der Waals surface area (Å²) < 4.78 is 28.6. The third kappa shape index (κ3) is 3.36. The molecule has 6 heteroatoms. The molecule has 0 N–H and O–H groups in total. The van der Waals surface area contributed by atoms with Gasteiger partial charge in [0, 0.05) is 45.4 Å². The molecule has 0 radical (unpaired) electrons. The van der Waals surface area contributed by atoms with Crippen LogP contribution in [-0.4, -0.2) is 35.9 Å². The molecular weight excluding hydrogens is 300 g/mol. The van der Waals surface area contributed by atoms with Crippen molar-refractivity contribution >= 4 is 14.0 Å². The second kappa shape index (κ2) is 7.10. The SMILES string of the molecule is CCCCC1(C)OCc2cc([Si](OC)(OC)OC)ccc2O1. The number of ether oxygens (including phenoxy) is 2. The minimum absolute atomic E-state index is 0.519. The van der Waals surface area contributed by atoms with Gasteiger partial charge >= 0.3 is 8.80 Å². The van der Waals surface area contributed by atoms with Crippen molar-refractivity contribution in [3.8, 4) is 5.75 Å². The molecule has 2 rings (SSSR count). The van der Waals surface area contributed by atoms with Gasteiger partial charge in [0.05, 0.1) is 6.61 Å². The number of unbranched alkanes of at least 4 members (excludes halogenated alkanes) is 1. The van der Waals surface area contributed by atoms with Gasteiger partial charge in [0.2, 0.25) is 5.79 Å². The minimum atomic E-state index is -2.82. The molecule has 1 heterocycles. The van der Waals surface area contributed by atoms with Crippen LogP contribution in [0.3, 0.4) is 0 Å². The van der Waals surface area contributed by atoms with Gasteiger partial charge in [-0.25, -0.2) is 0 Å². The Morgan fingerprint density at radius 1 is 1.18 bits per heavy atom. The first-order valence-electron chi connectivity index (χ1n) is 7.64. The fourth-order valence-corrected chi connectivity index (χ4v) is 4.54. The molecule has 0 amide bonds. The van der Waals surface area contributed by atoms with Gasteiger partial charge in [-0.1, -0.05) is 19.4 Å². The van der Waals surface area contributed by atoms with Crippen LogP contribution in [0.25, 0.3) is 0 Å². The Morgan fingerprint density at radius 3 is 2.45 bits per heavy atom. The van der Waals surface area contributed by atoms with E-state index in [9.17, 15) is 0 Å². The summed E-state index contributed by atoms with van der Waals surface area (Å²) in [5.41, 5.74) is 0.995. The average molecular weight is 326 g/mol. The molecular formula is C16H26O5Si. The Morgan fingerprint density at radius 2 is 1.86 bits per heavy atom. The lowest BCUT2D eigenvalue weighted by molar-refractivity contribution is -0.197. The molecule has 5 nitrogen and oxygen atoms in total. The Labute approximate surface area is 133 Å². The number of benzene rings is 1. The van der Waals surface area contributed by atoms with Gasteiger partial charge in [0.25, 0.3) is 0 Å². The van der Waals surface area contributed by atoms with Crippen LogP contribution < -0.4 is 9.92 Å². The van der Waals surface area contributed by atoms with Gasteiger partial charge < -0.3 is 22.8 Å². The van der Waals surface area contributed by atoms with Crippen molar-refractivity contribution in [3.63, 3.8) is 0 Å². The molecule has 0 bridgehead atoms. The van der Waals surface area contributed by atoms with Crippen LogP contribution >= 0.6 is 0 Å². The maximum absolute atomic E-state index is 6.06. The second-order valence-electron chi connectivity index (χ2n) is 5.62. The highest BCUT2D eigenvalue weighted by molar-refractivity contribution is 6.75. The Kier molecular flexibility index (Phi) is 5.63. The van der Waals surface area contributed by atoms with Crippen LogP contribution in [0.1, 0.15) is 38.7 Å². The molecule has 1 atom stereocenters. The first-order chi connectivity index (χ1) is 10.5. The second-order valence-corrected chi connectivity index (χ2v) is 8.53. The van der Waals surface area contributed by atoms with E-state index in [1.807, 2.05) is 25.1 Å². The van der Waals surface area contributed by atoms with Crippen LogP contribution in [0, 0.1) is 0 Å². The predicted octanol–water partition coefficient (Wildman–Crippen LogP) is 2.59. The molecule has 0 spiro atoms. The molecule has 0 fully saturated rings. The van der Waals surface area contributed by atoms with Gasteiger partial charge in [0.15, 0.2) is 0 Å². The summed E-state index contributed by atoms with van der Waals surface area (Å²) >= 11 is 0. The zero-order chi connectivity index (χ0) is 16.2. The summed E-state index contributed by atoms with van der Waals surface area (Å²) in [6, 6.07) is 5.90. The van der Waals surface area contributed by atoms with E-state index in [0.29, 0.717) is 6.61 Å². The summed E-state index contributed by atoms with van der Waals surface area (Å²) in [6.07, 6.45) is 3.09. The molecule has 0 aliphatic carbocycles. The van der Waals surface area contributed by atoms with E-state index >= 15 is 0 Å². The van der Waals surface area contributed by atoms with Gasteiger partial charge in [-0.05, 0) is 18.6 Å². The number of hydrogen-bond donors (Lipinski definition) is 0. The summed E-state index contributed by atoms with van der Waals surface area (Å²) in [7, 11) is 1.99. The van der Waals surface area contributed by atoms with Gasteiger partial charge in [-0.3, -0.25) is 0 Å². The zero-order valence-electron chi connectivity index (χ0n) is 14.1.